The van der Waals surface area contributed by atoms with E-state index in [0.29, 0.717) is 5.69 Å². The van der Waals surface area contributed by atoms with Crippen LogP contribution < -0.4 is 5.73 Å². The van der Waals surface area contributed by atoms with Gasteiger partial charge in [0, 0.05) is 5.69 Å². The van der Waals surface area contributed by atoms with Gasteiger partial charge >= 0.3 is 0 Å². The van der Waals surface area contributed by atoms with Crippen molar-refractivity contribution in [2.24, 2.45) is 0 Å². The number of nitrogens with two attached hydrogens (primary N) is 1. The zero-order valence-electron chi connectivity index (χ0n) is 10.2. The van der Waals surface area contributed by atoms with Crippen LogP contribution in [0.4, 0.5) is 5.69 Å². The normalized spacial score (nSPS) is 10.9. The van der Waals surface area contributed by atoms with Gasteiger partial charge < -0.3 is 5.73 Å². The van der Waals surface area contributed by atoms with Crippen LogP contribution in [-0.2, 0) is 6.42 Å². The number of anilines is 1. The third-order valence-corrected chi connectivity index (χ3v) is 2.98. The van der Waals surface area contributed by atoms with Gasteiger partial charge in [-0.15, -0.1) is 10.2 Å². The van der Waals surface area contributed by atoms with Crippen molar-refractivity contribution >= 4 is 16.7 Å². The Hall–Kier alpha value is -2.36. The van der Waals surface area contributed by atoms with Crippen LogP contribution >= 0.6 is 0 Å². The highest BCUT2D eigenvalue weighted by Crippen LogP contribution is 2.15. The minimum atomic E-state index is 0.705. The van der Waals surface area contributed by atoms with Crippen molar-refractivity contribution in [3.8, 4) is 5.69 Å². The van der Waals surface area contributed by atoms with E-state index in [9.17, 15) is 0 Å². The molecule has 0 spiro atoms. The van der Waals surface area contributed by atoms with E-state index in [-0.39, 0.29) is 0 Å². The lowest BCUT2D eigenvalue weighted by atomic mass is 10.2. The summed E-state index contributed by atoms with van der Waals surface area (Å²) in [7, 11) is 0. The second kappa shape index (κ2) is 4.14. The van der Waals surface area contributed by atoms with E-state index in [2.05, 4.69) is 29.3 Å². The molecule has 2 N–H and O–H groups in total. The third kappa shape index (κ3) is 1.82. The lowest BCUT2D eigenvalue weighted by Gasteiger charge is -2.00. The van der Waals surface area contributed by atoms with E-state index in [1.807, 2.05) is 30.3 Å². The predicted octanol–water partition coefficient (Wildman–Crippen LogP) is 2.57. The molecule has 4 nitrogen and oxygen atoms in total. The number of benzene rings is 2. The summed E-state index contributed by atoms with van der Waals surface area (Å²) in [5.74, 6) is 0. The topological polar surface area (TPSA) is 56.7 Å². The number of aryl methyl sites for hydroxylation is 1. The van der Waals surface area contributed by atoms with Gasteiger partial charge in [-0.1, -0.05) is 19.1 Å². The van der Waals surface area contributed by atoms with Crippen molar-refractivity contribution in [1.29, 1.82) is 0 Å². The Labute approximate surface area is 105 Å². The van der Waals surface area contributed by atoms with Crippen LogP contribution in [0.2, 0.25) is 0 Å². The van der Waals surface area contributed by atoms with E-state index in [4.69, 9.17) is 5.73 Å². The van der Waals surface area contributed by atoms with Gasteiger partial charge in [0.15, 0.2) is 0 Å². The Morgan fingerprint density at radius 1 is 1.00 bits per heavy atom. The zero-order valence-corrected chi connectivity index (χ0v) is 10.2. The highest BCUT2D eigenvalue weighted by Gasteiger charge is 2.04. The third-order valence-electron chi connectivity index (χ3n) is 2.98. The summed E-state index contributed by atoms with van der Waals surface area (Å²) >= 11 is 0. The number of nitrogen functional groups attached to an aromatic ring is 1. The first-order valence-corrected chi connectivity index (χ1v) is 5.98. The molecule has 2 aromatic carbocycles. The highest BCUT2D eigenvalue weighted by molar-refractivity contribution is 5.77. The van der Waals surface area contributed by atoms with Crippen LogP contribution in [0.1, 0.15) is 12.5 Å². The average molecular weight is 238 g/mol. The minimum absolute atomic E-state index is 0.705. The van der Waals surface area contributed by atoms with Gasteiger partial charge in [-0.2, -0.15) is 4.80 Å². The maximum absolute atomic E-state index is 5.73. The molecule has 0 aliphatic heterocycles. The van der Waals surface area contributed by atoms with Crippen molar-refractivity contribution in [2.75, 3.05) is 5.73 Å². The summed E-state index contributed by atoms with van der Waals surface area (Å²) in [6.45, 7) is 2.14. The maximum atomic E-state index is 5.73. The first-order valence-electron chi connectivity index (χ1n) is 5.98. The van der Waals surface area contributed by atoms with E-state index < -0.39 is 0 Å². The number of hydrogen-bond donors (Lipinski definition) is 1. The van der Waals surface area contributed by atoms with E-state index in [0.717, 1.165) is 23.1 Å². The SMILES string of the molecule is CCc1ccc(-n2nc3ccc(N)cc3n2)cc1. The molecule has 1 aromatic heterocycles. The van der Waals surface area contributed by atoms with Crippen LogP contribution in [0, 0.1) is 0 Å². The van der Waals surface area contributed by atoms with Crippen molar-refractivity contribution in [3.05, 3.63) is 48.0 Å². The Bertz CT molecular complexity index is 683. The standard InChI is InChI=1S/C14H14N4/c1-2-10-3-6-12(7-4-10)18-16-13-8-5-11(15)9-14(13)17-18/h3-9H,2,15H2,1H3. The summed E-state index contributed by atoms with van der Waals surface area (Å²) in [6.07, 6.45) is 1.03. The van der Waals surface area contributed by atoms with Crippen molar-refractivity contribution in [3.63, 3.8) is 0 Å². The Balaban J connectivity index is 2.07. The minimum Gasteiger partial charge on any atom is -0.399 e. The molecular weight excluding hydrogens is 224 g/mol. The number of rotatable bonds is 2. The van der Waals surface area contributed by atoms with E-state index in [1.165, 1.54) is 5.56 Å². The van der Waals surface area contributed by atoms with Crippen molar-refractivity contribution in [1.82, 2.24) is 15.0 Å². The van der Waals surface area contributed by atoms with E-state index in [1.54, 1.807) is 4.80 Å². The van der Waals surface area contributed by atoms with Crippen LogP contribution in [0.25, 0.3) is 16.7 Å². The number of nitrogens with zero attached hydrogens (tertiary/aromatic N) is 3. The molecule has 4 heteroatoms. The second-order valence-corrected chi connectivity index (χ2v) is 4.26. The van der Waals surface area contributed by atoms with Gasteiger partial charge in [0.2, 0.25) is 0 Å². The fourth-order valence-corrected chi connectivity index (χ4v) is 1.91. The zero-order chi connectivity index (χ0) is 12.5. The van der Waals surface area contributed by atoms with Gasteiger partial charge in [0.1, 0.15) is 11.0 Å². The van der Waals surface area contributed by atoms with Gasteiger partial charge in [-0.3, -0.25) is 0 Å². The monoisotopic (exact) mass is 238 g/mol. The highest BCUT2D eigenvalue weighted by atomic mass is 15.5. The molecule has 3 aromatic rings. The lowest BCUT2D eigenvalue weighted by molar-refractivity contribution is 0.765. The summed E-state index contributed by atoms with van der Waals surface area (Å²) in [6, 6.07) is 13.8. The van der Waals surface area contributed by atoms with Gasteiger partial charge in [-0.25, -0.2) is 0 Å². The molecule has 0 saturated carbocycles. The number of aromatic nitrogens is 3. The molecule has 0 saturated heterocycles. The van der Waals surface area contributed by atoms with Crippen molar-refractivity contribution in [2.45, 2.75) is 13.3 Å². The molecule has 0 aliphatic rings. The largest absolute Gasteiger partial charge is 0.399 e. The number of fused-ring (bicyclic) bond motifs is 1. The lowest BCUT2D eigenvalue weighted by Crippen LogP contribution is -1.98. The second-order valence-electron chi connectivity index (χ2n) is 4.26. The summed E-state index contributed by atoms with van der Waals surface area (Å²) < 4.78 is 0. The van der Waals surface area contributed by atoms with E-state index >= 15 is 0 Å². The molecule has 0 aliphatic carbocycles. The van der Waals surface area contributed by atoms with Crippen molar-refractivity contribution < 1.29 is 0 Å². The van der Waals surface area contributed by atoms with Crippen LogP contribution in [0.3, 0.4) is 0 Å². The van der Waals surface area contributed by atoms with Crippen LogP contribution in [0.5, 0.6) is 0 Å². The molecule has 1 heterocycles. The Morgan fingerprint density at radius 2 is 1.72 bits per heavy atom. The summed E-state index contributed by atoms with van der Waals surface area (Å²) in [5.41, 5.74) is 10.4. The van der Waals surface area contributed by atoms with Crippen LogP contribution in [0.15, 0.2) is 42.5 Å². The first kappa shape index (κ1) is 10.8. The van der Waals surface area contributed by atoms with Gasteiger partial charge in [0.25, 0.3) is 0 Å². The molecule has 0 atom stereocenters. The average Bonchev–Trinajstić information content (AvgIpc) is 2.81. The molecule has 18 heavy (non-hydrogen) atoms. The molecule has 0 bridgehead atoms. The number of hydrogen-bond acceptors (Lipinski definition) is 3. The Morgan fingerprint density at radius 3 is 2.44 bits per heavy atom. The predicted molar refractivity (Wildman–Crippen MR) is 72.7 cm³/mol. The molecule has 0 radical (unpaired) electrons. The first-order chi connectivity index (χ1) is 8.76. The van der Waals surface area contributed by atoms with Crippen LogP contribution in [-0.4, -0.2) is 15.0 Å². The van der Waals surface area contributed by atoms with Gasteiger partial charge in [-0.05, 0) is 42.3 Å². The fourth-order valence-electron chi connectivity index (χ4n) is 1.91. The van der Waals surface area contributed by atoms with Gasteiger partial charge in [0.05, 0.1) is 5.69 Å². The molecule has 0 amide bonds. The summed E-state index contributed by atoms with van der Waals surface area (Å²) in [4.78, 5) is 1.64. The Kier molecular flexibility index (Phi) is 2.48. The maximum Gasteiger partial charge on any atom is 0.115 e. The molecule has 0 fully saturated rings. The smallest absolute Gasteiger partial charge is 0.115 e. The quantitative estimate of drug-likeness (QED) is 0.698. The summed E-state index contributed by atoms with van der Waals surface area (Å²) in [5, 5.41) is 8.85. The fraction of sp³-hybridized carbons (Fsp3) is 0.143. The molecule has 90 valence electrons. The molecule has 3 rings (SSSR count). The molecular formula is C14H14N4. The molecule has 0 unspecified atom stereocenters.